The van der Waals surface area contributed by atoms with E-state index < -0.39 is 5.41 Å². The van der Waals surface area contributed by atoms with Crippen LogP contribution in [-0.4, -0.2) is 4.40 Å². The van der Waals surface area contributed by atoms with E-state index in [0.717, 1.165) is 17.1 Å². The fourth-order valence-electron chi connectivity index (χ4n) is 11.1. The molecule has 0 fully saturated rings. The fourth-order valence-corrected chi connectivity index (χ4v) is 11.1. The van der Waals surface area contributed by atoms with Crippen molar-refractivity contribution in [2.45, 2.75) is 5.41 Å². The quantitative estimate of drug-likeness (QED) is 0.145. The van der Waals surface area contributed by atoms with Crippen LogP contribution in [0.2, 0.25) is 0 Å². The van der Waals surface area contributed by atoms with E-state index in [1.54, 1.807) is 0 Å². The fraction of sp³-hybridized carbons (Fsp3) is 0.0159. The largest absolute Gasteiger partial charge is 0.315 e. The molecule has 0 radical (unpaired) electrons. The topological polar surface area (TPSA) is 7.65 Å². The highest BCUT2D eigenvalue weighted by molar-refractivity contribution is 6.30. The highest BCUT2D eigenvalue weighted by Crippen LogP contribution is 2.57. The highest BCUT2D eigenvalue weighted by atomic mass is 15.1. The first-order valence-corrected chi connectivity index (χ1v) is 22.5. The van der Waals surface area contributed by atoms with Gasteiger partial charge in [-0.15, -0.1) is 0 Å². The normalized spacial score (nSPS) is 12.7. The summed E-state index contributed by atoms with van der Waals surface area (Å²) in [5.74, 6) is 0. The third-order valence-electron chi connectivity index (χ3n) is 13.8. The predicted molar refractivity (Wildman–Crippen MR) is 273 cm³/mol. The lowest BCUT2D eigenvalue weighted by Crippen LogP contribution is -2.28. The Balaban J connectivity index is 0.986. The number of anilines is 3. The van der Waals surface area contributed by atoms with E-state index in [4.69, 9.17) is 0 Å². The van der Waals surface area contributed by atoms with Gasteiger partial charge in [0, 0.05) is 39.6 Å². The maximum absolute atomic E-state index is 2.45. The summed E-state index contributed by atoms with van der Waals surface area (Å²) >= 11 is 0. The summed E-state index contributed by atoms with van der Waals surface area (Å²) in [6.07, 6.45) is 2.21. The minimum Gasteiger partial charge on any atom is -0.315 e. The molecular weight excluding hydrogens is 785 g/mol. The van der Waals surface area contributed by atoms with Crippen molar-refractivity contribution < 1.29 is 0 Å². The molecule has 10 aromatic carbocycles. The van der Waals surface area contributed by atoms with Crippen LogP contribution in [-0.2, 0) is 5.41 Å². The van der Waals surface area contributed by atoms with Crippen LogP contribution in [0.25, 0.3) is 71.3 Å². The van der Waals surface area contributed by atoms with Gasteiger partial charge in [-0.2, -0.15) is 0 Å². The van der Waals surface area contributed by atoms with E-state index in [9.17, 15) is 0 Å². The standard InChI is InChI=1S/C63H42N2/c1-5-19-44(20-6-1)60-59-31-17-18-40-64(59)62-55-29-14-13-27-51(55)52-38-34-45(41-56(52)61(60)62)43-32-35-49(36-33-43)65(48-25-11-4-12-26-48)50-37-39-54-53-28-15-16-30-57(53)63(58(54)42-50,46-21-7-2-8-22-46)47-23-9-3-10-24-47/h1-42H. The molecular formula is C63H42N2. The minimum atomic E-state index is -0.490. The van der Waals surface area contributed by atoms with Gasteiger partial charge >= 0.3 is 0 Å². The Bertz CT molecular complexity index is 3700. The maximum atomic E-state index is 2.45. The molecule has 304 valence electrons. The number of fused-ring (bicyclic) bond motifs is 11. The second-order valence-electron chi connectivity index (χ2n) is 17.2. The van der Waals surface area contributed by atoms with Crippen LogP contribution in [0.1, 0.15) is 22.3 Å². The summed E-state index contributed by atoms with van der Waals surface area (Å²) in [5, 5.41) is 6.33. The molecule has 0 saturated carbocycles. The van der Waals surface area contributed by atoms with Crippen molar-refractivity contribution in [3.8, 4) is 33.4 Å². The van der Waals surface area contributed by atoms with Crippen LogP contribution in [0.5, 0.6) is 0 Å². The summed E-state index contributed by atoms with van der Waals surface area (Å²) in [6.45, 7) is 0. The Labute approximate surface area is 378 Å². The molecule has 13 rings (SSSR count). The molecule has 2 nitrogen and oxygen atoms in total. The zero-order valence-corrected chi connectivity index (χ0v) is 35.6. The van der Waals surface area contributed by atoms with Gasteiger partial charge in [0.2, 0.25) is 0 Å². The van der Waals surface area contributed by atoms with Gasteiger partial charge in [0.25, 0.3) is 0 Å². The van der Waals surface area contributed by atoms with Crippen LogP contribution in [0.15, 0.2) is 255 Å². The number of pyridine rings is 1. The maximum Gasteiger partial charge on any atom is 0.0714 e. The molecule has 0 atom stereocenters. The average molecular weight is 827 g/mol. The van der Waals surface area contributed by atoms with Gasteiger partial charge < -0.3 is 9.30 Å². The van der Waals surface area contributed by atoms with E-state index in [-0.39, 0.29) is 0 Å². The zero-order valence-electron chi connectivity index (χ0n) is 35.6. The summed E-state index contributed by atoms with van der Waals surface area (Å²) in [5.41, 5.74) is 17.8. The molecule has 0 N–H and O–H groups in total. The lowest BCUT2D eigenvalue weighted by Gasteiger charge is -2.35. The Kier molecular flexibility index (Phi) is 8.47. The van der Waals surface area contributed by atoms with Crippen molar-refractivity contribution >= 4 is 55.0 Å². The Morgan fingerprint density at radius 2 is 0.892 bits per heavy atom. The highest BCUT2D eigenvalue weighted by Gasteiger charge is 2.46. The second-order valence-corrected chi connectivity index (χ2v) is 17.2. The van der Waals surface area contributed by atoms with Crippen molar-refractivity contribution in [3.63, 3.8) is 0 Å². The Morgan fingerprint density at radius 3 is 1.63 bits per heavy atom. The first-order valence-electron chi connectivity index (χ1n) is 22.5. The average Bonchev–Trinajstić information content (AvgIpc) is 3.89. The van der Waals surface area contributed by atoms with E-state index >= 15 is 0 Å². The molecule has 65 heavy (non-hydrogen) atoms. The molecule has 1 aliphatic rings. The van der Waals surface area contributed by atoms with Crippen molar-refractivity contribution in [2.24, 2.45) is 0 Å². The van der Waals surface area contributed by atoms with Crippen molar-refractivity contribution in [2.75, 3.05) is 4.90 Å². The molecule has 0 unspecified atom stereocenters. The van der Waals surface area contributed by atoms with E-state index in [0.29, 0.717) is 0 Å². The Hall–Kier alpha value is -8.46. The minimum absolute atomic E-state index is 0.490. The smallest absolute Gasteiger partial charge is 0.0714 e. The summed E-state index contributed by atoms with van der Waals surface area (Å²) in [7, 11) is 0. The van der Waals surface area contributed by atoms with Crippen LogP contribution in [0.4, 0.5) is 17.1 Å². The van der Waals surface area contributed by atoms with Gasteiger partial charge in [-0.25, -0.2) is 0 Å². The SMILES string of the molecule is c1ccc(-c2c3c4cc(-c5ccc(N(c6ccccc6)c6ccc7c(c6)C(c6ccccc6)(c6ccccc6)c6ccccc6-7)cc5)ccc4c4ccccc4c3n3ccccc23)cc1. The predicted octanol–water partition coefficient (Wildman–Crippen LogP) is 16.6. The lowest BCUT2D eigenvalue weighted by atomic mass is 9.67. The molecule has 12 aromatic rings. The number of para-hydroxylation sites is 1. The van der Waals surface area contributed by atoms with Gasteiger partial charge in [0.05, 0.1) is 16.4 Å². The lowest BCUT2D eigenvalue weighted by molar-refractivity contribution is 0.768. The monoisotopic (exact) mass is 826 g/mol. The van der Waals surface area contributed by atoms with Gasteiger partial charge in [0.1, 0.15) is 0 Å². The molecule has 0 spiro atoms. The third kappa shape index (κ3) is 5.60. The molecule has 0 bridgehead atoms. The molecule has 1 aliphatic carbocycles. The van der Waals surface area contributed by atoms with Gasteiger partial charge in [-0.1, -0.05) is 194 Å². The third-order valence-corrected chi connectivity index (χ3v) is 13.8. The van der Waals surface area contributed by atoms with Crippen LogP contribution in [0.3, 0.4) is 0 Å². The van der Waals surface area contributed by atoms with Crippen LogP contribution >= 0.6 is 0 Å². The van der Waals surface area contributed by atoms with Crippen molar-refractivity contribution in [1.82, 2.24) is 4.40 Å². The first-order chi connectivity index (χ1) is 32.3. The summed E-state index contributed by atoms with van der Waals surface area (Å²) < 4.78 is 2.39. The van der Waals surface area contributed by atoms with Gasteiger partial charge in [-0.05, 0) is 121 Å². The molecule has 2 heteroatoms. The van der Waals surface area contributed by atoms with E-state index in [2.05, 4.69) is 264 Å². The molecule has 2 heterocycles. The number of aromatic nitrogens is 1. The van der Waals surface area contributed by atoms with E-state index in [1.165, 1.54) is 93.6 Å². The zero-order chi connectivity index (χ0) is 42.9. The summed E-state index contributed by atoms with van der Waals surface area (Å²) in [6, 6.07) is 91.5. The molecule has 0 amide bonds. The van der Waals surface area contributed by atoms with E-state index in [1.807, 2.05) is 0 Å². The van der Waals surface area contributed by atoms with Crippen LogP contribution in [0, 0.1) is 0 Å². The van der Waals surface area contributed by atoms with Crippen LogP contribution < -0.4 is 4.90 Å². The first kappa shape index (κ1) is 37.1. The van der Waals surface area contributed by atoms with Crippen molar-refractivity contribution in [3.05, 3.63) is 277 Å². The number of rotatable bonds is 7. The number of hydrogen-bond acceptors (Lipinski definition) is 1. The number of nitrogens with zero attached hydrogens (tertiary/aromatic N) is 2. The number of hydrogen-bond donors (Lipinski definition) is 0. The molecule has 0 saturated heterocycles. The number of benzene rings is 10. The van der Waals surface area contributed by atoms with Gasteiger partial charge in [-0.3, -0.25) is 0 Å². The Morgan fingerprint density at radius 1 is 0.338 bits per heavy atom. The molecule has 2 aromatic heterocycles. The summed E-state index contributed by atoms with van der Waals surface area (Å²) in [4.78, 5) is 2.41. The van der Waals surface area contributed by atoms with Crippen molar-refractivity contribution in [1.29, 1.82) is 0 Å². The van der Waals surface area contributed by atoms with Gasteiger partial charge in [0.15, 0.2) is 0 Å². The second kappa shape index (κ2) is 14.8. The molecule has 0 aliphatic heterocycles.